The number of rotatable bonds is 5. The van der Waals surface area contributed by atoms with Gasteiger partial charge in [-0.15, -0.1) is 0 Å². The maximum Gasteiger partial charge on any atom is 0.0630 e. The third kappa shape index (κ3) is 3.92. The van der Waals surface area contributed by atoms with Crippen molar-refractivity contribution in [2.45, 2.75) is 12.5 Å². The molecule has 1 rings (SSSR count). The minimum absolute atomic E-state index is 0.478. The molecule has 4 nitrogen and oxygen atoms in total. The fraction of sp³-hybridized carbons (Fsp3) is 1.00. The first-order valence-electron chi connectivity index (χ1n) is 5.33. The molecule has 1 fully saturated rings. The molecule has 0 aromatic heterocycles. The zero-order chi connectivity index (χ0) is 10.2. The van der Waals surface area contributed by atoms with Crippen LogP contribution in [0.15, 0.2) is 0 Å². The molecule has 4 heteroatoms. The fourth-order valence-electron chi connectivity index (χ4n) is 1.85. The number of likely N-dealkylation sites (N-methyl/N-ethyl adjacent to an activating group) is 1. The van der Waals surface area contributed by atoms with Gasteiger partial charge in [0.2, 0.25) is 0 Å². The molecule has 0 aliphatic carbocycles. The number of ether oxygens (including phenoxy) is 2. The maximum absolute atomic E-state index is 5.43. The van der Waals surface area contributed by atoms with Crippen molar-refractivity contribution in [1.29, 1.82) is 0 Å². The summed E-state index contributed by atoms with van der Waals surface area (Å²) in [6.07, 6.45) is 1.13. The summed E-state index contributed by atoms with van der Waals surface area (Å²) in [5.41, 5.74) is 0. The molecule has 1 saturated heterocycles. The number of nitrogens with one attached hydrogen (secondary N) is 1. The van der Waals surface area contributed by atoms with Crippen LogP contribution in [0.25, 0.3) is 0 Å². The summed E-state index contributed by atoms with van der Waals surface area (Å²) >= 11 is 0. The SMILES string of the molecule is CNCC(COC)N1CCCOCC1. The Hall–Kier alpha value is -0.160. The Kier molecular flexibility index (Phi) is 6.10. The Bertz CT molecular complexity index is 130. The lowest BCUT2D eigenvalue weighted by Crippen LogP contribution is -2.45. The molecule has 0 bridgehead atoms. The predicted molar refractivity (Wildman–Crippen MR) is 56.6 cm³/mol. The van der Waals surface area contributed by atoms with Gasteiger partial charge in [0.05, 0.1) is 13.2 Å². The summed E-state index contributed by atoms with van der Waals surface area (Å²) in [6, 6.07) is 0.478. The van der Waals surface area contributed by atoms with E-state index >= 15 is 0 Å². The molecule has 1 N–H and O–H groups in total. The van der Waals surface area contributed by atoms with Crippen LogP contribution in [0.4, 0.5) is 0 Å². The van der Waals surface area contributed by atoms with Crippen molar-refractivity contribution in [2.24, 2.45) is 0 Å². The predicted octanol–water partition coefficient (Wildman–Crippen LogP) is -0.0569. The summed E-state index contributed by atoms with van der Waals surface area (Å²) in [6.45, 7) is 5.67. The Morgan fingerprint density at radius 3 is 3.00 bits per heavy atom. The first-order chi connectivity index (χ1) is 6.88. The zero-order valence-corrected chi connectivity index (χ0v) is 9.29. The van der Waals surface area contributed by atoms with E-state index in [9.17, 15) is 0 Å². The van der Waals surface area contributed by atoms with Crippen LogP contribution in [0.1, 0.15) is 6.42 Å². The van der Waals surface area contributed by atoms with Crippen molar-refractivity contribution in [2.75, 3.05) is 53.6 Å². The minimum atomic E-state index is 0.478. The molecule has 1 aliphatic heterocycles. The lowest BCUT2D eigenvalue weighted by atomic mass is 10.2. The second-order valence-corrected chi connectivity index (χ2v) is 3.67. The minimum Gasteiger partial charge on any atom is -0.383 e. The number of hydrogen-bond donors (Lipinski definition) is 1. The molecule has 1 atom stereocenters. The third-order valence-corrected chi connectivity index (χ3v) is 2.57. The molecule has 0 spiro atoms. The normalized spacial score (nSPS) is 21.9. The summed E-state index contributed by atoms with van der Waals surface area (Å²) in [5.74, 6) is 0. The monoisotopic (exact) mass is 202 g/mol. The second kappa shape index (κ2) is 7.17. The van der Waals surface area contributed by atoms with E-state index in [1.165, 1.54) is 0 Å². The number of methoxy groups -OCH3 is 1. The fourth-order valence-corrected chi connectivity index (χ4v) is 1.85. The van der Waals surface area contributed by atoms with Gasteiger partial charge in [0.15, 0.2) is 0 Å². The molecule has 1 unspecified atom stereocenters. The smallest absolute Gasteiger partial charge is 0.0630 e. The lowest BCUT2D eigenvalue weighted by molar-refractivity contribution is 0.0834. The first-order valence-corrected chi connectivity index (χ1v) is 5.33. The Balaban J connectivity index is 2.38. The van der Waals surface area contributed by atoms with Crippen molar-refractivity contribution in [3.63, 3.8) is 0 Å². The first kappa shape index (κ1) is 11.9. The average molecular weight is 202 g/mol. The highest BCUT2D eigenvalue weighted by atomic mass is 16.5. The van der Waals surface area contributed by atoms with E-state index in [4.69, 9.17) is 9.47 Å². The van der Waals surface area contributed by atoms with Crippen LogP contribution in [0.3, 0.4) is 0 Å². The van der Waals surface area contributed by atoms with Crippen LogP contribution >= 0.6 is 0 Å². The van der Waals surface area contributed by atoms with Crippen molar-refractivity contribution in [3.8, 4) is 0 Å². The van der Waals surface area contributed by atoms with E-state index in [0.717, 1.165) is 45.9 Å². The van der Waals surface area contributed by atoms with Crippen LogP contribution < -0.4 is 5.32 Å². The van der Waals surface area contributed by atoms with Gasteiger partial charge in [-0.1, -0.05) is 0 Å². The van der Waals surface area contributed by atoms with Gasteiger partial charge in [-0.3, -0.25) is 4.90 Å². The quantitative estimate of drug-likeness (QED) is 0.677. The molecule has 0 aromatic rings. The molecule has 0 radical (unpaired) electrons. The van der Waals surface area contributed by atoms with E-state index in [1.807, 2.05) is 7.05 Å². The molecular weight excluding hydrogens is 180 g/mol. The third-order valence-electron chi connectivity index (χ3n) is 2.57. The number of nitrogens with zero attached hydrogens (tertiary/aromatic N) is 1. The lowest BCUT2D eigenvalue weighted by Gasteiger charge is -2.29. The van der Waals surface area contributed by atoms with Crippen LogP contribution in [-0.4, -0.2) is 64.6 Å². The van der Waals surface area contributed by atoms with Crippen LogP contribution in [0.5, 0.6) is 0 Å². The van der Waals surface area contributed by atoms with E-state index in [1.54, 1.807) is 7.11 Å². The molecule has 1 heterocycles. The largest absolute Gasteiger partial charge is 0.383 e. The van der Waals surface area contributed by atoms with E-state index in [-0.39, 0.29) is 0 Å². The van der Waals surface area contributed by atoms with Crippen molar-refractivity contribution < 1.29 is 9.47 Å². The van der Waals surface area contributed by atoms with Gasteiger partial charge in [0, 0.05) is 39.4 Å². The van der Waals surface area contributed by atoms with Crippen LogP contribution in [0, 0.1) is 0 Å². The number of hydrogen-bond acceptors (Lipinski definition) is 4. The molecule has 0 amide bonds. The Morgan fingerprint density at radius 1 is 1.43 bits per heavy atom. The molecule has 14 heavy (non-hydrogen) atoms. The average Bonchev–Trinajstić information content (AvgIpc) is 2.45. The molecule has 1 aliphatic rings. The van der Waals surface area contributed by atoms with Crippen LogP contribution in [-0.2, 0) is 9.47 Å². The summed E-state index contributed by atoms with van der Waals surface area (Å²) in [7, 11) is 3.74. The molecule has 0 aromatic carbocycles. The van der Waals surface area contributed by atoms with Gasteiger partial charge in [-0.05, 0) is 13.5 Å². The maximum atomic E-state index is 5.43. The standard InChI is InChI=1S/C10H22N2O2/c1-11-8-10(9-13-2)12-4-3-6-14-7-5-12/h10-11H,3-9H2,1-2H3. The zero-order valence-electron chi connectivity index (χ0n) is 9.29. The second-order valence-electron chi connectivity index (χ2n) is 3.67. The van der Waals surface area contributed by atoms with Gasteiger partial charge < -0.3 is 14.8 Å². The van der Waals surface area contributed by atoms with E-state index < -0.39 is 0 Å². The van der Waals surface area contributed by atoms with Gasteiger partial charge >= 0.3 is 0 Å². The van der Waals surface area contributed by atoms with Gasteiger partial charge in [-0.25, -0.2) is 0 Å². The Morgan fingerprint density at radius 2 is 2.29 bits per heavy atom. The van der Waals surface area contributed by atoms with Gasteiger partial charge in [0.25, 0.3) is 0 Å². The highest BCUT2D eigenvalue weighted by Crippen LogP contribution is 2.04. The molecule has 0 saturated carbocycles. The highest BCUT2D eigenvalue weighted by molar-refractivity contribution is 4.74. The van der Waals surface area contributed by atoms with E-state index in [2.05, 4.69) is 10.2 Å². The van der Waals surface area contributed by atoms with Gasteiger partial charge in [0.1, 0.15) is 0 Å². The topological polar surface area (TPSA) is 33.7 Å². The molecule has 84 valence electrons. The van der Waals surface area contributed by atoms with Crippen molar-refractivity contribution >= 4 is 0 Å². The summed E-state index contributed by atoms with van der Waals surface area (Å²) in [5, 5.41) is 3.21. The van der Waals surface area contributed by atoms with E-state index in [0.29, 0.717) is 6.04 Å². The Labute approximate surface area is 86.6 Å². The van der Waals surface area contributed by atoms with Crippen molar-refractivity contribution in [3.05, 3.63) is 0 Å². The van der Waals surface area contributed by atoms with Crippen LogP contribution in [0.2, 0.25) is 0 Å². The molecular formula is C10H22N2O2. The summed E-state index contributed by atoms with van der Waals surface area (Å²) in [4.78, 5) is 2.45. The summed E-state index contributed by atoms with van der Waals surface area (Å²) < 4.78 is 10.7. The van der Waals surface area contributed by atoms with Crippen molar-refractivity contribution in [1.82, 2.24) is 10.2 Å². The van der Waals surface area contributed by atoms with Gasteiger partial charge in [-0.2, -0.15) is 0 Å². The highest BCUT2D eigenvalue weighted by Gasteiger charge is 2.18.